The van der Waals surface area contributed by atoms with Gasteiger partial charge in [0, 0.05) is 11.3 Å². The number of aldehydes is 1. The number of anilines is 2. The minimum atomic E-state index is -4.63. The molecule has 0 atom stereocenters. The number of amidine groups is 1. The van der Waals surface area contributed by atoms with Crippen molar-refractivity contribution in [3.63, 3.8) is 0 Å². The third kappa shape index (κ3) is 5.16. The van der Waals surface area contributed by atoms with Crippen LogP contribution in [0.3, 0.4) is 0 Å². The number of H-pyrrole nitrogens is 1. The van der Waals surface area contributed by atoms with Gasteiger partial charge in [-0.3, -0.25) is 15.5 Å². The van der Waals surface area contributed by atoms with Gasteiger partial charge in [0.15, 0.2) is 6.29 Å². The van der Waals surface area contributed by atoms with Crippen molar-refractivity contribution >= 4 is 36.0 Å². The summed E-state index contributed by atoms with van der Waals surface area (Å²) in [6, 6.07) is 10.3. The van der Waals surface area contributed by atoms with Crippen LogP contribution in [0.15, 0.2) is 53.5 Å². The van der Waals surface area contributed by atoms with E-state index in [-0.39, 0.29) is 17.3 Å². The summed E-state index contributed by atoms with van der Waals surface area (Å²) in [6.07, 6.45) is -3.25. The molecule has 0 unspecified atom stereocenters. The molecule has 3 aromatic rings. The first-order chi connectivity index (χ1) is 15.2. The van der Waals surface area contributed by atoms with Crippen molar-refractivity contribution in [3.8, 4) is 11.1 Å². The second-order valence-electron chi connectivity index (χ2n) is 6.34. The number of aromatic amines is 1. The molecule has 6 N–H and O–H groups in total. The third-order valence-electron chi connectivity index (χ3n) is 4.16. The molecular formula is C20H16F3N7O2. The highest BCUT2D eigenvalue weighted by atomic mass is 19.4. The fourth-order valence-corrected chi connectivity index (χ4v) is 2.78. The Labute approximate surface area is 179 Å². The highest BCUT2D eigenvalue weighted by molar-refractivity contribution is 6.06. The van der Waals surface area contributed by atoms with Crippen LogP contribution in [0.2, 0.25) is 0 Å². The minimum absolute atomic E-state index is 0.0123. The Morgan fingerprint density at radius 1 is 1.16 bits per heavy atom. The maximum atomic E-state index is 12.7. The van der Waals surface area contributed by atoms with E-state index in [1.165, 1.54) is 6.07 Å². The summed E-state index contributed by atoms with van der Waals surface area (Å²) in [5, 5.41) is 11.8. The summed E-state index contributed by atoms with van der Waals surface area (Å²) in [5.74, 6) is -0.244. The number of nitrogens with two attached hydrogens (primary N) is 1. The number of amides is 2. The van der Waals surface area contributed by atoms with Crippen LogP contribution in [0, 0.1) is 5.41 Å². The first-order valence-corrected chi connectivity index (χ1v) is 8.94. The van der Waals surface area contributed by atoms with Gasteiger partial charge in [-0.1, -0.05) is 18.2 Å². The zero-order valence-electron chi connectivity index (χ0n) is 16.2. The van der Waals surface area contributed by atoms with Crippen LogP contribution in [0.25, 0.3) is 11.1 Å². The average Bonchev–Trinajstić information content (AvgIpc) is 3.19. The molecule has 0 aliphatic rings. The maximum Gasteiger partial charge on any atom is 0.433 e. The number of nitrogens with one attached hydrogen (secondary N) is 4. The molecule has 0 spiro atoms. The lowest BCUT2D eigenvalue weighted by Crippen LogP contribution is -2.21. The van der Waals surface area contributed by atoms with E-state index in [1.807, 2.05) is 0 Å². The van der Waals surface area contributed by atoms with E-state index in [4.69, 9.17) is 11.1 Å². The molecule has 2 heterocycles. The predicted molar refractivity (Wildman–Crippen MR) is 113 cm³/mol. The molecule has 9 nitrogen and oxygen atoms in total. The highest BCUT2D eigenvalue weighted by Crippen LogP contribution is 2.28. The van der Waals surface area contributed by atoms with Gasteiger partial charge in [0.1, 0.15) is 23.7 Å². The number of pyridine rings is 1. The number of urea groups is 1. The molecule has 0 bridgehead atoms. The lowest BCUT2D eigenvalue weighted by Gasteiger charge is -2.10. The number of hydrogen-bond acceptors (Lipinski definition) is 4. The molecule has 2 aromatic heterocycles. The van der Waals surface area contributed by atoms with Gasteiger partial charge in [0.2, 0.25) is 0 Å². The fraction of sp³-hybridized carbons (Fsp3) is 0.0500. The molecule has 12 heteroatoms. The molecule has 0 aliphatic heterocycles. The predicted octanol–water partition coefficient (Wildman–Crippen LogP) is 3.86. The molecule has 0 radical (unpaired) electrons. The van der Waals surface area contributed by atoms with Gasteiger partial charge in [-0.2, -0.15) is 13.2 Å². The van der Waals surface area contributed by atoms with Crippen molar-refractivity contribution in [3.05, 3.63) is 65.6 Å². The van der Waals surface area contributed by atoms with E-state index in [9.17, 15) is 22.8 Å². The second-order valence-corrected chi connectivity index (χ2v) is 6.34. The zero-order chi connectivity index (χ0) is 23.3. The van der Waals surface area contributed by atoms with Gasteiger partial charge in [0.05, 0.1) is 11.4 Å². The van der Waals surface area contributed by atoms with Gasteiger partial charge in [0.25, 0.3) is 0 Å². The molecule has 0 aliphatic carbocycles. The largest absolute Gasteiger partial charge is 0.433 e. The Bertz CT molecular complexity index is 1180. The van der Waals surface area contributed by atoms with Crippen LogP contribution in [-0.4, -0.2) is 34.5 Å². The van der Waals surface area contributed by atoms with Crippen LogP contribution >= 0.6 is 0 Å². The van der Waals surface area contributed by atoms with Crippen LogP contribution in [0.1, 0.15) is 21.9 Å². The minimum Gasteiger partial charge on any atom is -0.382 e. The van der Waals surface area contributed by atoms with Gasteiger partial charge in [-0.05, 0) is 35.9 Å². The fourth-order valence-electron chi connectivity index (χ4n) is 2.78. The van der Waals surface area contributed by atoms with Crippen molar-refractivity contribution < 1.29 is 22.8 Å². The second kappa shape index (κ2) is 9.12. The van der Waals surface area contributed by atoms with Crippen LogP contribution in [0.4, 0.5) is 29.5 Å². The number of alkyl halides is 3. The summed E-state index contributed by atoms with van der Waals surface area (Å²) in [4.78, 5) is 33.1. The molecule has 0 saturated carbocycles. The van der Waals surface area contributed by atoms with Gasteiger partial charge < -0.3 is 16.0 Å². The number of benzene rings is 1. The first-order valence-electron chi connectivity index (χ1n) is 8.94. The van der Waals surface area contributed by atoms with Crippen LogP contribution in [0.5, 0.6) is 0 Å². The normalized spacial score (nSPS) is 11.7. The molecule has 164 valence electrons. The van der Waals surface area contributed by atoms with E-state index < -0.39 is 17.9 Å². The molecule has 0 fully saturated rings. The Balaban J connectivity index is 1.75. The molecule has 3 rings (SSSR count). The summed E-state index contributed by atoms with van der Waals surface area (Å²) < 4.78 is 38.2. The van der Waals surface area contributed by atoms with Crippen molar-refractivity contribution in [2.24, 2.45) is 10.7 Å². The van der Waals surface area contributed by atoms with Gasteiger partial charge in [-0.25, -0.2) is 14.8 Å². The lowest BCUT2D eigenvalue weighted by molar-refractivity contribution is -0.141. The van der Waals surface area contributed by atoms with Gasteiger partial charge >= 0.3 is 12.2 Å². The number of carbonyl (C=O) groups excluding carboxylic acids is 2. The lowest BCUT2D eigenvalue weighted by atomic mass is 10.0. The number of carbonyl (C=O) groups is 2. The third-order valence-corrected chi connectivity index (χ3v) is 4.16. The first kappa shape index (κ1) is 22.2. The van der Waals surface area contributed by atoms with Gasteiger partial charge in [-0.15, -0.1) is 0 Å². The van der Waals surface area contributed by atoms with E-state index >= 15 is 0 Å². The number of aromatic nitrogens is 2. The standard InChI is InChI=1S/C20H16F3N7O2/c21-20(22,23)15-2-1-3-16(29-15)30-19(32)28-12-6-4-11(5-7-12)14-8-13(9-31)27-17(14)18(25)26-10-24/h1-10,27H,(H3,24,25,26)(H2,28,29,30,32). The number of hydrogen-bond donors (Lipinski definition) is 5. The number of aliphatic imine (C=N–C) groups is 1. The highest BCUT2D eigenvalue weighted by Gasteiger charge is 2.32. The van der Waals surface area contributed by atoms with E-state index in [1.54, 1.807) is 30.3 Å². The van der Waals surface area contributed by atoms with E-state index in [2.05, 4.69) is 25.6 Å². The Hall–Kier alpha value is -4.48. The Morgan fingerprint density at radius 2 is 1.88 bits per heavy atom. The smallest absolute Gasteiger partial charge is 0.382 e. The number of rotatable bonds is 6. The molecule has 1 aromatic carbocycles. The Kier molecular flexibility index (Phi) is 6.33. The SMILES string of the molecule is N=C/N=C(/N)c1[nH]c(C=O)cc1-c1ccc(NC(=O)Nc2cccc(C(F)(F)F)n2)cc1. The van der Waals surface area contributed by atoms with E-state index in [0.29, 0.717) is 28.8 Å². The molecule has 2 amide bonds. The number of halogens is 3. The molecule has 32 heavy (non-hydrogen) atoms. The number of nitrogens with zero attached hydrogens (tertiary/aromatic N) is 2. The summed E-state index contributed by atoms with van der Waals surface area (Å²) >= 11 is 0. The monoisotopic (exact) mass is 443 g/mol. The van der Waals surface area contributed by atoms with Crippen LogP contribution in [-0.2, 0) is 6.18 Å². The summed E-state index contributed by atoms with van der Waals surface area (Å²) in [6.45, 7) is 0. The van der Waals surface area contributed by atoms with Crippen molar-refractivity contribution in [2.45, 2.75) is 6.18 Å². The molecule has 0 saturated heterocycles. The summed E-state index contributed by atoms with van der Waals surface area (Å²) in [5.41, 5.74) is 6.86. The average molecular weight is 443 g/mol. The maximum absolute atomic E-state index is 12.7. The summed E-state index contributed by atoms with van der Waals surface area (Å²) in [7, 11) is 0. The quantitative estimate of drug-likeness (QED) is 0.223. The molecular weight excluding hydrogens is 427 g/mol. The topological polar surface area (TPSA) is 149 Å². The zero-order valence-corrected chi connectivity index (χ0v) is 16.2. The van der Waals surface area contributed by atoms with Crippen molar-refractivity contribution in [2.75, 3.05) is 10.6 Å². The van der Waals surface area contributed by atoms with E-state index in [0.717, 1.165) is 18.5 Å². The van der Waals surface area contributed by atoms with Crippen molar-refractivity contribution in [1.29, 1.82) is 5.41 Å². The van der Waals surface area contributed by atoms with Crippen LogP contribution < -0.4 is 16.4 Å². The Morgan fingerprint density at radius 3 is 2.50 bits per heavy atom. The van der Waals surface area contributed by atoms with Crippen molar-refractivity contribution in [1.82, 2.24) is 9.97 Å².